The highest BCUT2D eigenvalue weighted by atomic mass is 14.3. The van der Waals surface area contributed by atoms with Gasteiger partial charge < -0.3 is 0 Å². The monoisotopic (exact) mass is 272 g/mol. The van der Waals surface area contributed by atoms with Crippen LogP contribution in [0.25, 0.3) is 11.1 Å². The first kappa shape index (κ1) is 12.6. The van der Waals surface area contributed by atoms with E-state index in [0.717, 1.165) is 0 Å². The average molecular weight is 272 g/mol. The third-order valence-electron chi connectivity index (χ3n) is 4.98. The van der Waals surface area contributed by atoms with Crippen LogP contribution < -0.4 is 0 Å². The Hall–Kier alpha value is -2.08. The topological polar surface area (TPSA) is 0 Å². The van der Waals surface area contributed by atoms with E-state index in [1.54, 1.807) is 0 Å². The van der Waals surface area contributed by atoms with Crippen LogP contribution in [0.3, 0.4) is 0 Å². The van der Waals surface area contributed by atoms with E-state index in [0.29, 0.717) is 11.8 Å². The Morgan fingerprint density at radius 1 is 0.667 bits per heavy atom. The van der Waals surface area contributed by atoms with Crippen LogP contribution in [0, 0.1) is 0 Å². The summed E-state index contributed by atoms with van der Waals surface area (Å²) in [6.45, 7) is 4.48. The van der Waals surface area contributed by atoms with Gasteiger partial charge >= 0.3 is 0 Å². The SMILES string of the molecule is CC1=CC(CC2C=C(C)c3ccccc32)c2ccccc21. The van der Waals surface area contributed by atoms with Crippen LogP contribution in [-0.2, 0) is 0 Å². The second kappa shape index (κ2) is 4.73. The molecule has 0 saturated heterocycles. The molecule has 0 N–H and O–H groups in total. The minimum absolute atomic E-state index is 0.557. The molecule has 2 aliphatic carbocycles. The lowest BCUT2D eigenvalue weighted by Crippen LogP contribution is -2.00. The van der Waals surface area contributed by atoms with E-state index in [1.807, 2.05) is 0 Å². The fourth-order valence-corrected chi connectivity index (χ4v) is 3.99. The fraction of sp³-hybridized carbons (Fsp3) is 0.238. The maximum Gasteiger partial charge on any atom is 0.00387 e. The van der Waals surface area contributed by atoms with Gasteiger partial charge in [0.1, 0.15) is 0 Å². The third kappa shape index (κ3) is 1.98. The first-order chi connectivity index (χ1) is 10.2. The van der Waals surface area contributed by atoms with Gasteiger partial charge in [-0.1, -0.05) is 60.7 Å². The highest BCUT2D eigenvalue weighted by Gasteiger charge is 2.27. The molecule has 0 aromatic heterocycles. The van der Waals surface area contributed by atoms with Crippen LogP contribution in [0.2, 0.25) is 0 Å². The van der Waals surface area contributed by atoms with Crippen molar-refractivity contribution in [2.75, 3.05) is 0 Å². The molecule has 0 fully saturated rings. The van der Waals surface area contributed by atoms with E-state index < -0.39 is 0 Å². The molecular formula is C21H20. The van der Waals surface area contributed by atoms with Gasteiger partial charge in [-0.2, -0.15) is 0 Å². The molecule has 21 heavy (non-hydrogen) atoms. The molecule has 0 amide bonds. The van der Waals surface area contributed by atoms with Crippen LogP contribution in [0.4, 0.5) is 0 Å². The van der Waals surface area contributed by atoms with Gasteiger partial charge in [0, 0.05) is 11.8 Å². The number of rotatable bonds is 2. The largest absolute Gasteiger partial charge is 0.0734 e. The smallest absolute Gasteiger partial charge is 0.00387 e. The van der Waals surface area contributed by atoms with Crippen molar-refractivity contribution in [3.05, 3.63) is 82.9 Å². The molecule has 4 rings (SSSR count). The van der Waals surface area contributed by atoms with Crippen molar-refractivity contribution in [1.29, 1.82) is 0 Å². The first-order valence-electron chi connectivity index (χ1n) is 7.79. The molecule has 2 atom stereocenters. The summed E-state index contributed by atoms with van der Waals surface area (Å²) in [5.74, 6) is 1.11. The number of fused-ring (bicyclic) bond motifs is 2. The van der Waals surface area contributed by atoms with Gasteiger partial charge in [-0.15, -0.1) is 0 Å². The van der Waals surface area contributed by atoms with Crippen molar-refractivity contribution in [2.24, 2.45) is 0 Å². The molecule has 2 aromatic rings. The quantitative estimate of drug-likeness (QED) is 0.650. The maximum atomic E-state index is 2.45. The van der Waals surface area contributed by atoms with Gasteiger partial charge in [0.05, 0.1) is 0 Å². The van der Waals surface area contributed by atoms with Gasteiger partial charge in [0.15, 0.2) is 0 Å². The van der Waals surface area contributed by atoms with E-state index in [2.05, 4.69) is 74.5 Å². The second-order valence-corrected chi connectivity index (χ2v) is 6.32. The normalized spacial score (nSPS) is 22.6. The Morgan fingerprint density at radius 2 is 1.10 bits per heavy atom. The minimum Gasteiger partial charge on any atom is -0.0734 e. The average Bonchev–Trinajstić information content (AvgIpc) is 3.00. The van der Waals surface area contributed by atoms with Gasteiger partial charge in [0.25, 0.3) is 0 Å². The molecule has 2 unspecified atom stereocenters. The second-order valence-electron chi connectivity index (χ2n) is 6.32. The fourth-order valence-electron chi connectivity index (χ4n) is 3.99. The highest BCUT2D eigenvalue weighted by Crippen LogP contribution is 2.45. The molecule has 104 valence electrons. The molecule has 0 saturated carbocycles. The van der Waals surface area contributed by atoms with Gasteiger partial charge in [-0.25, -0.2) is 0 Å². The molecule has 0 heteroatoms. The van der Waals surface area contributed by atoms with Crippen LogP contribution >= 0.6 is 0 Å². The third-order valence-corrected chi connectivity index (χ3v) is 4.98. The van der Waals surface area contributed by atoms with Gasteiger partial charge in [-0.05, 0) is 53.7 Å². The van der Waals surface area contributed by atoms with E-state index in [1.165, 1.54) is 39.8 Å². The maximum absolute atomic E-state index is 2.45. The lowest BCUT2D eigenvalue weighted by molar-refractivity contribution is 0.686. The van der Waals surface area contributed by atoms with Crippen molar-refractivity contribution in [2.45, 2.75) is 32.1 Å². The summed E-state index contributed by atoms with van der Waals surface area (Å²) < 4.78 is 0. The Bertz CT molecular complexity index is 696. The zero-order valence-corrected chi connectivity index (χ0v) is 12.6. The van der Waals surface area contributed by atoms with E-state index >= 15 is 0 Å². The summed E-state index contributed by atoms with van der Waals surface area (Å²) in [6.07, 6.45) is 6.09. The van der Waals surface area contributed by atoms with Crippen LogP contribution in [-0.4, -0.2) is 0 Å². The predicted molar refractivity (Wildman–Crippen MR) is 90.3 cm³/mol. The first-order valence-corrected chi connectivity index (χ1v) is 7.79. The standard InChI is InChI=1S/C21H20/c1-14-11-16(20-9-5-3-7-18(14)20)13-17-12-15(2)19-8-4-6-10-21(17)19/h3-12,16-17H,13H2,1-2H3. The van der Waals surface area contributed by atoms with Crippen molar-refractivity contribution < 1.29 is 0 Å². The Kier molecular flexibility index (Phi) is 2.85. The lowest BCUT2D eigenvalue weighted by atomic mass is 9.87. The number of hydrogen-bond donors (Lipinski definition) is 0. The number of benzene rings is 2. The van der Waals surface area contributed by atoms with Crippen LogP contribution in [0.5, 0.6) is 0 Å². The summed E-state index contributed by atoms with van der Waals surface area (Å²) in [4.78, 5) is 0. The van der Waals surface area contributed by atoms with Gasteiger partial charge in [-0.3, -0.25) is 0 Å². The van der Waals surface area contributed by atoms with Crippen molar-refractivity contribution >= 4 is 11.1 Å². The molecule has 0 aliphatic heterocycles. The molecule has 0 spiro atoms. The van der Waals surface area contributed by atoms with Crippen molar-refractivity contribution in [1.82, 2.24) is 0 Å². The Morgan fingerprint density at radius 3 is 1.57 bits per heavy atom. The van der Waals surface area contributed by atoms with Gasteiger partial charge in [0.2, 0.25) is 0 Å². The summed E-state index contributed by atoms with van der Waals surface area (Å²) in [5, 5.41) is 0. The molecule has 0 radical (unpaired) electrons. The summed E-state index contributed by atoms with van der Waals surface area (Å²) in [6, 6.07) is 17.7. The molecule has 2 aromatic carbocycles. The zero-order chi connectivity index (χ0) is 14.4. The van der Waals surface area contributed by atoms with E-state index in [9.17, 15) is 0 Å². The molecule has 0 bridgehead atoms. The summed E-state index contributed by atoms with van der Waals surface area (Å²) in [7, 11) is 0. The molecule has 0 nitrogen and oxygen atoms in total. The zero-order valence-electron chi connectivity index (χ0n) is 12.6. The Labute approximate surface area is 126 Å². The lowest BCUT2D eigenvalue weighted by Gasteiger charge is -2.16. The summed E-state index contributed by atoms with van der Waals surface area (Å²) >= 11 is 0. The van der Waals surface area contributed by atoms with E-state index in [4.69, 9.17) is 0 Å². The van der Waals surface area contributed by atoms with E-state index in [-0.39, 0.29) is 0 Å². The molecular weight excluding hydrogens is 252 g/mol. The molecule has 2 aliphatic rings. The van der Waals surface area contributed by atoms with Crippen molar-refractivity contribution in [3.63, 3.8) is 0 Å². The Balaban J connectivity index is 1.67. The highest BCUT2D eigenvalue weighted by molar-refractivity contribution is 5.75. The number of allylic oxidation sites excluding steroid dienone is 4. The molecule has 0 heterocycles. The van der Waals surface area contributed by atoms with Crippen LogP contribution in [0.15, 0.2) is 60.7 Å². The summed E-state index contributed by atoms with van der Waals surface area (Å²) in [5.41, 5.74) is 8.75. The van der Waals surface area contributed by atoms with Crippen LogP contribution in [0.1, 0.15) is 54.4 Å². The predicted octanol–water partition coefficient (Wildman–Crippen LogP) is 5.78. The number of hydrogen-bond acceptors (Lipinski definition) is 0. The minimum atomic E-state index is 0.557. The van der Waals surface area contributed by atoms with Crippen molar-refractivity contribution in [3.8, 4) is 0 Å².